The van der Waals surface area contributed by atoms with Gasteiger partial charge in [0.2, 0.25) is 0 Å². The molecule has 1 saturated heterocycles. The number of carbonyl (C=O) groups excluding carboxylic acids is 1. The molecule has 23 heavy (non-hydrogen) atoms. The largest absolute Gasteiger partial charge is 0.372 e. The molecule has 1 aliphatic rings. The minimum Gasteiger partial charge on any atom is -0.372 e. The minimum absolute atomic E-state index is 0.0355. The quantitative estimate of drug-likeness (QED) is 0.831. The summed E-state index contributed by atoms with van der Waals surface area (Å²) in [6.07, 6.45) is 3.74. The second kappa shape index (κ2) is 7.13. The number of benzene rings is 2. The van der Waals surface area contributed by atoms with Gasteiger partial charge in [0.25, 0.3) is 5.91 Å². The molecule has 2 aromatic rings. The number of halogens is 2. The zero-order valence-electron chi connectivity index (χ0n) is 12.7. The van der Waals surface area contributed by atoms with Crippen molar-refractivity contribution in [3.63, 3.8) is 0 Å². The Hall–Kier alpha value is -1.88. The highest BCUT2D eigenvalue weighted by Crippen LogP contribution is 2.22. The number of carbonyl (C=O) groups is 1. The van der Waals surface area contributed by atoms with Crippen LogP contribution >= 0.6 is 15.9 Å². The number of nitrogens with zero attached hydrogens (tertiary/aromatic N) is 1. The van der Waals surface area contributed by atoms with Crippen LogP contribution in [0.4, 0.5) is 15.8 Å². The molecule has 0 radical (unpaired) electrons. The Kier molecular flexibility index (Phi) is 4.96. The van der Waals surface area contributed by atoms with Crippen molar-refractivity contribution in [2.75, 3.05) is 23.3 Å². The summed E-state index contributed by atoms with van der Waals surface area (Å²) in [6, 6.07) is 12.1. The maximum atomic E-state index is 13.8. The maximum absolute atomic E-state index is 13.8. The van der Waals surface area contributed by atoms with Gasteiger partial charge in [0.05, 0.1) is 5.56 Å². The van der Waals surface area contributed by atoms with Crippen molar-refractivity contribution in [1.29, 1.82) is 0 Å². The zero-order valence-corrected chi connectivity index (χ0v) is 14.3. The molecule has 0 aromatic heterocycles. The van der Waals surface area contributed by atoms with E-state index in [1.54, 1.807) is 6.07 Å². The molecule has 0 atom stereocenters. The van der Waals surface area contributed by atoms with Crippen LogP contribution in [0.15, 0.2) is 46.9 Å². The van der Waals surface area contributed by atoms with E-state index in [1.165, 1.54) is 31.4 Å². The number of amides is 1. The lowest BCUT2D eigenvalue weighted by molar-refractivity contribution is 0.102. The molecule has 0 bridgehead atoms. The molecule has 2 aromatic carbocycles. The summed E-state index contributed by atoms with van der Waals surface area (Å²) in [5.74, 6) is -0.984. The lowest BCUT2D eigenvalue weighted by atomic mass is 10.1. The first-order chi connectivity index (χ1) is 11.1. The van der Waals surface area contributed by atoms with E-state index in [2.05, 4.69) is 26.1 Å². The Balaban J connectivity index is 1.69. The average molecular weight is 377 g/mol. The molecule has 1 heterocycles. The Morgan fingerprint density at radius 1 is 1.04 bits per heavy atom. The highest BCUT2D eigenvalue weighted by atomic mass is 79.9. The van der Waals surface area contributed by atoms with Crippen LogP contribution in [0.25, 0.3) is 0 Å². The van der Waals surface area contributed by atoms with Gasteiger partial charge in [0.15, 0.2) is 0 Å². The van der Waals surface area contributed by atoms with Crippen LogP contribution in [0, 0.1) is 5.82 Å². The Labute approximate surface area is 143 Å². The van der Waals surface area contributed by atoms with Gasteiger partial charge in [0, 0.05) is 28.9 Å². The average Bonchev–Trinajstić information content (AvgIpc) is 2.56. The van der Waals surface area contributed by atoms with Gasteiger partial charge >= 0.3 is 0 Å². The fourth-order valence-corrected chi connectivity index (χ4v) is 3.11. The summed E-state index contributed by atoms with van der Waals surface area (Å²) in [5.41, 5.74) is 1.86. The zero-order chi connectivity index (χ0) is 16.2. The van der Waals surface area contributed by atoms with Crippen molar-refractivity contribution in [3.8, 4) is 0 Å². The molecule has 3 nitrogen and oxygen atoms in total. The summed E-state index contributed by atoms with van der Waals surface area (Å²) >= 11 is 3.18. The molecule has 0 saturated carbocycles. The SMILES string of the molecule is O=C(Nc1ccc(N2CCCCC2)cc1)c1ccc(Br)cc1F. The van der Waals surface area contributed by atoms with Gasteiger partial charge in [-0.1, -0.05) is 15.9 Å². The van der Waals surface area contributed by atoms with Gasteiger partial charge < -0.3 is 10.2 Å². The van der Waals surface area contributed by atoms with Gasteiger partial charge in [-0.25, -0.2) is 4.39 Å². The van der Waals surface area contributed by atoms with Gasteiger partial charge in [-0.3, -0.25) is 4.79 Å². The molecular weight excluding hydrogens is 359 g/mol. The Morgan fingerprint density at radius 2 is 1.74 bits per heavy atom. The van der Waals surface area contributed by atoms with Gasteiger partial charge in [0.1, 0.15) is 5.82 Å². The number of hydrogen-bond acceptors (Lipinski definition) is 2. The van der Waals surface area contributed by atoms with Crippen molar-refractivity contribution < 1.29 is 9.18 Å². The standard InChI is InChI=1S/C18H18BrFN2O/c19-13-4-9-16(17(20)12-13)18(23)21-14-5-7-15(8-6-14)22-10-2-1-3-11-22/h4-9,12H,1-3,10-11H2,(H,21,23). The van der Waals surface area contributed by atoms with Crippen LogP contribution in [0.5, 0.6) is 0 Å². The molecule has 1 fully saturated rings. The Morgan fingerprint density at radius 3 is 2.39 bits per heavy atom. The van der Waals surface area contributed by atoms with Crippen molar-refractivity contribution in [1.82, 2.24) is 0 Å². The first-order valence-corrected chi connectivity index (χ1v) is 8.54. The lowest BCUT2D eigenvalue weighted by Crippen LogP contribution is -2.29. The van der Waals surface area contributed by atoms with Crippen molar-refractivity contribution in [2.24, 2.45) is 0 Å². The number of rotatable bonds is 3. The van der Waals surface area contributed by atoms with Gasteiger partial charge in [-0.05, 0) is 61.7 Å². The first kappa shape index (κ1) is 16.0. The number of nitrogens with one attached hydrogen (secondary N) is 1. The molecule has 120 valence electrons. The maximum Gasteiger partial charge on any atom is 0.258 e. The molecule has 0 unspecified atom stereocenters. The van der Waals surface area contributed by atoms with E-state index in [1.807, 2.05) is 24.3 Å². The predicted molar refractivity (Wildman–Crippen MR) is 94.6 cm³/mol. The van der Waals surface area contributed by atoms with E-state index >= 15 is 0 Å². The van der Waals surface area contributed by atoms with Crippen LogP contribution in [0.2, 0.25) is 0 Å². The third-order valence-corrected chi connectivity index (χ3v) is 4.52. The van der Waals surface area contributed by atoms with Crippen molar-refractivity contribution >= 4 is 33.2 Å². The van der Waals surface area contributed by atoms with Gasteiger partial charge in [-0.15, -0.1) is 0 Å². The summed E-state index contributed by atoms with van der Waals surface area (Å²) < 4.78 is 14.4. The van der Waals surface area contributed by atoms with E-state index in [0.29, 0.717) is 10.2 Å². The van der Waals surface area contributed by atoms with Crippen molar-refractivity contribution in [3.05, 3.63) is 58.3 Å². The van der Waals surface area contributed by atoms with Crippen LogP contribution in [0.3, 0.4) is 0 Å². The van der Waals surface area contributed by atoms with E-state index in [0.717, 1.165) is 18.8 Å². The molecule has 0 aliphatic carbocycles. The van der Waals surface area contributed by atoms with Crippen LogP contribution in [-0.2, 0) is 0 Å². The number of anilines is 2. The summed E-state index contributed by atoms with van der Waals surface area (Å²) in [4.78, 5) is 14.5. The first-order valence-electron chi connectivity index (χ1n) is 7.75. The number of piperidine rings is 1. The third-order valence-electron chi connectivity index (χ3n) is 4.02. The lowest BCUT2D eigenvalue weighted by Gasteiger charge is -2.28. The van der Waals surface area contributed by atoms with Gasteiger partial charge in [-0.2, -0.15) is 0 Å². The second-order valence-electron chi connectivity index (χ2n) is 5.67. The smallest absolute Gasteiger partial charge is 0.258 e. The normalized spacial score (nSPS) is 14.6. The van der Waals surface area contributed by atoms with Crippen LogP contribution in [0.1, 0.15) is 29.6 Å². The summed E-state index contributed by atoms with van der Waals surface area (Å²) in [6.45, 7) is 2.16. The molecule has 5 heteroatoms. The molecule has 0 spiro atoms. The fraction of sp³-hybridized carbons (Fsp3) is 0.278. The van der Waals surface area contributed by atoms with E-state index in [9.17, 15) is 9.18 Å². The van der Waals surface area contributed by atoms with Crippen molar-refractivity contribution in [2.45, 2.75) is 19.3 Å². The molecule has 1 amide bonds. The molecule has 3 rings (SSSR count). The highest BCUT2D eigenvalue weighted by Gasteiger charge is 2.13. The topological polar surface area (TPSA) is 32.3 Å². The fourth-order valence-electron chi connectivity index (χ4n) is 2.78. The minimum atomic E-state index is -0.540. The molecular formula is C18H18BrFN2O. The van der Waals surface area contributed by atoms with Crippen LogP contribution in [-0.4, -0.2) is 19.0 Å². The van der Waals surface area contributed by atoms with E-state index in [4.69, 9.17) is 0 Å². The molecule has 1 aliphatic heterocycles. The highest BCUT2D eigenvalue weighted by molar-refractivity contribution is 9.10. The monoisotopic (exact) mass is 376 g/mol. The summed E-state index contributed by atoms with van der Waals surface area (Å²) in [7, 11) is 0. The third kappa shape index (κ3) is 3.91. The van der Waals surface area contributed by atoms with E-state index < -0.39 is 11.7 Å². The van der Waals surface area contributed by atoms with E-state index in [-0.39, 0.29) is 5.56 Å². The second-order valence-corrected chi connectivity index (χ2v) is 6.59. The number of hydrogen-bond donors (Lipinski definition) is 1. The van der Waals surface area contributed by atoms with Crippen LogP contribution < -0.4 is 10.2 Å². The summed E-state index contributed by atoms with van der Waals surface area (Å²) in [5, 5.41) is 2.74. The Bertz CT molecular complexity index is 697. The molecule has 1 N–H and O–H groups in total. The predicted octanol–water partition coefficient (Wildman–Crippen LogP) is 4.83.